The van der Waals surface area contributed by atoms with Crippen molar-refractivity contribution in [1.82, 2.24) is 4.98 Å². The second kappa shape index (κ2) is 3.24. The molecule has 4 fully saturated rings. The summed E-state index contributed by atoms with van der Waals surface area (Å²) in [5, 5.41) is 0. The quantitative estimate of drug-likeness (QED) is 0.774. The highest BCUT2D eigenvalue weighted by Gasteiger charge is 2.54. The van der Waals surface area contributed by atoms with Crippen LogP contribution >= 0.6 is 0 Å². The molecule has 0 radical (unpaired) electrons. The molecule has 0 atom stereocenters. The fourth-order valence-corrected chi connectivity index (χ4v) is 5.15. The summed E-state index contributed by atoms with van der Waals surface area (Å²) >= 11 is 0. The highest BCUT2D eigenvalue weighted by atomic mass is 16.1. The molecule has 4 bridgehead atoms. The number of hydrogen-bond acceptors (Lipinski definition) is 1. The number of ketones is 1. The summed E-state index contributed by atoms with van der Waals surface area (Å²) in [7, 11) is 0. The summed E-state index contributed by atoms with van der Waals surface area (Å²) in [5.41, 5.74) is 0.853. The van der Waals surface area contributed by atoms with Crippen molar-refractivity contribution < 1.29 is 4.79 Å². The molecule has 1 aromatic rings. The van der Waals surface area contributed by atoms with Crippen LogP contribution in [0.5, 0.6) is 0 Å². The highest BCUT2D eigenvalue weighted by Crippen LogP contribution is 2.60. The minimum atomic E-state index is 0.0135. The van der Waals surface area contributed by atoms with Crippen LogP contribution in [0.1, 0.15) is 49.0 Å². The molecule has 0 saturated heterocycles. The van der Waals surface area contributed by atoms with Gasteiger partial charge in [0.05, 0.1) is 5.69 Å². The largest absolute Gasteiger partial charge is 0.359 e. The standard InChI is InChI=1S/C15H19NO/c17-14(13-2-1-3-16-13)15-7-10-4-11(8-15)6-12(5-10)9-15/h1-3,10-12,16H,4-9H2. The van der Waals surface area contributed by atoms with Crippen molar-refractivity contribution in [2.45, 2.75) is 38.5 Å². The zero-order valence-corrected chi connectivity index (χ0v) is 10.1. The molecule has 1 aromatic heterocycles. The molecule has 2 heteroatoms. The highest BCUT2D eigenvalue weighted by molar-refractivity contribution is 5.99. The van der Waals surface area contributed by atoms with Crippen LogP contribution in [-0.2, 0) is 0 Å². The average molecular weight is 229 g/mol. The van der Waals surface area contributed by atoms with Crippen molar-refractivity contribution in [3.63, 3.8) is 0 Å². The molecule has 0 aromatic carbocycles. The van der Waals surface area contributed by atoms with Gasteiger partial charge in [0.15, 0.2) is 5.78 Å². The molecule has 5 rings (SSSR count). The first-order chi connectivity index (χ1) is 8.25. The van der Waals surface area contributed by atoms with Crippen molar-refractivity contribution >= 4 is 5.78 Å². The van der Waals surface area contributed by atoms with E-state index >= 15 is 0 Å². The number of hydrogen-bond donors (Lipinski definition) is 1. The molecule has 1 heterocycles. The minimum Gasteiger partial charge on any atom is -0.359 e. The zero-order chi connectivity index (χ0) is 11.5. The third kappa shape index (κ3) is 1.36. The molecule has 90 valence electrons. The molecule has 0 amide bonds. The van der Waals surface area contributed by atoms with Gasteiger partial charge in [0, 0.05) is 11.6 Å². The summed E-state index contributed by atoms with van der Waals surface area (Å²) in [6, 6.07) is 3.88. The smallest absolute Gasteiger partial charge is 0.185 e. The van der Waals surface area contributed by atoms with E-state index in [0.29, 0.717) is 5.78 Å². The lowest BCUT2D eigenvalue weighted by molar-refractivity contribution is -0.0355. The number of H-pyrrole nitrogens is 1. The van der Waals surface area contributed by atoms with Crippen LogP contribution in [0.15, 0.2) is 18.3 Å². The van der Waals surface area contributed by atoms with Crippen LogP contribution in [-0.4, -0.2) is 10.8 Å². The Morgan fingerprint density at radius 3 is 2.18 bits per heavy atom. The molecular weight excluding hydrogens is 210 g/mol. The maximum Gasteiger partial charge on any atom is 0.185 e. The minimum absolute atomic E-state index is 0.0135. The number of aromatic amines is 1. The van der Waals surface area contributed by atoms with Crippen LogP contribution in [0.2, 0.25) is 0 Å². The molecule has 1 N–H and O–H groups in total. The first kappa shape index (κ1) is 9.93. The van der Waals surface area contributed by atoms with E-state index in [1.807, 2.05) is 18.3 Å². The van der Waals surface area contributed by atoms with E-state index in [4.69, 9.17) is 0 Å². The fourth-order valence-electron chi connectivity index (χ4n) is 5.15. The summed E-state index contributed by atoms with van der Waals surface area (Å²) in [6.07, 6.45) is 9.56. The molecule has 0 aliphatic heterocycles. The molecule has 0 unspecified atom stereocenters. The number of rotatable bonds is 2. The summed E-state index contributed by atoms with van der Waals surface area (Å²) in [6.45, 7) is 0. The van der Waals surface area contributed by atoms with Gasteiger partial charge in [-0.15, -0.1) is 0 Å². The van der Waals surface area contributed by atoms with Crippen LogP contribution in [0, 0.1) is 23.2 Å². The molecule has 4 aliphatic rings. The predicted molar refractivity (Wildman–Crippen MR) is 65.7 cm³/mol. The van der Waals surface area contributed by atoms with Gasteiger partial charge < -0.3 is 4.98 Å². The SMILES string of the molecule is O=C(c1ccc[nH]1)C12CC3CC(CC(C3)C1)C2. The van der Waals surface area contributed by atoms with Crippen LogP contribution in [0.25, 0.3) is 0 Å². The van der Waals surface area contributed by atoms with Gasteiger partial charge in [-0.2, -0.15) is 0 Å². The molecule has 4 saturated carbocycles. The Morgan fingerprint density at radius 2 is 1.71 bits per heavy atom. The Balaban J connectivity index is 1.71. The monoisotopic (exact) mass is 229 g/mol. The number of nitrogens with one attached hydrogen (secondary N) is 1. The van der Waals surface area contributed by atoms with Gasteiger partial charge in [-0.25, -0.2) is 0 Å². The van der Waals surface area contributed by atoms with Gasteiger partial charge >= 0.3 is 0 Å². The summed E-state index contributed by atoms with van der Waals surface area (Å²) in [5.74, 6) is 2.95. The fraction of sp³-hybridized carbons (Fsp3) is 0.667. The van der Waals surface area contributed by atoms with E-state index in [-0.39, 0.29) is 5.41 Å². The number of aromatic nitrogens is 1. The van der Waals surface area contributed by atoms with Crippen molar-refractivity contribution in [1.29, 1.82) is 0 Å². The van der Waals surface area contributed by atoms with E-state index < -0.39 is 0 Å². The number of carbonyl (C=O) groups is 1. The van der Waals surface area contributed by atoms with Gasteiger partial charge in [-0.1, -0.05) is 0 Å². The summed E-state index contributed by atoms with van der Waals surface area (Å²) < 4.78 is 0. The van der Waals surface area contributed by atoms with E-state index in [1.54, 1.807) is 0 Å². The van der Waals surface area contributed by atoms with E-state index in [2.05, 4.69) is 4.98 Å². The molecule has 4 aliphatic carbocycles. The normalized spacial score (nSPS) is 42.9. The molecule has 0 spiro atoms. The van der Waals surface area contributed by atoms with Crippen molar-refractivity contribution in [3.8, 4) is 0 Å². The lowest BCUT2D eigenvalue weighted by Gasteiger charge is -2.55. The third-order valence-corrected chi connectivity index (χ3v) is 5.36. The lowest BCUT2D eigenvalue weighted by atomic mass is 9.48. The Labute approximate surface area is 102 Å². The van der Waals surface area contributed by atoms with Gasteiger partial charge in [-0.3, -0.25) is 4.79 Å². The molecular formula is C15H19NO. The number of Topliss-reactive ketones (excluding diaryl/α,β-unsaturated/α-hetero) is 1. The Morgan fingerprint density at radius 1 is 1.12 bits per heavy atom. The topological polar surface area (TPSA) is 32.9 Å². The predicted octanol–water partition coefficient (Wildman–Crippen LogP) is 3.41. The van der Waals surface area contributed by atoms with Gasteiger partial charge in [0.2, 0.25) is 0 Å². The van der Waals surface area contributed by atoms with E-state index in [9.17, 15) is 4.79 Å². The number of carbonyl (C=O) groups excluding carboxylic acids is 1. The van der Waals surface area contributed by atoms with Crippen molar-refractivity contribution in [2.75, 3.05) is 0 Å². The molecule has 2 nitrogen and oxygen atoms in total. The molecule has 17 heavy (non-hydrogen) atoms. The maximum absolute atomic E-state index is 12.7. The summed E-state index contributed by atoms with van der Waals surface area (Å²) in [4.78, 5) is 15.8. The first-order valence-electron chi connectivity index (χ1n) is 6.93. The van der Waals surface area contributed by atoms with E-state index in [1.165, 1.54) is 19.3 Å². The Bertz CT molecular complexity index is 410. The van der Waals surface area contributed by atoms with Crippen LogP contribution in [0.3, 0.4) is 0 Å². The van der Waals surface area contributed by atoms with Gasteiger partial charge in [0.1, 0.15) is 0 Å². The van der Waals surface area contributed by atoms with Crippen molar-refractivity contribution in [2.24, 2.45) is 23.2 Å². The zero-order valence-electron chi connectivity index (χ0n) is 10.1. The van der Waals surface area contributed by atoms with Crippen molar-refractivity contribution in [3.05, 3.63) is 24.0 Å². The second-order valence-electron chi connectivity index (χ2n) is 6.61. The lowest BCUT2D eigenvalue weighted by Crippen LogP contribution is -2.50. The van der Waals surface area contributed by atoms with Crippen LogP contribution < -0.4 is 0 Å². The average Bonchev–Trinajstić information content (AvgIpc) is 2.79. The Hall–Kier alpha value is -1.05. The van der Waals surface area contributed by atoms with Crippen LogP contribution in [0.4, 0.5) is 0 Å². The third-order valence-electron chi connectivity index (χ3n) is 5.36. The van der Waals surface area contributed by atoms with E-state index in [0.717, 1.165) is 42.7 Å². The Kier molecular flexibility index (Phi) is 1.89. The second-order valence-corrected chi connectivity index (χ2v) is 6.61. The van der Waals surface area contributed by atoms with Gasteiger partial charge in [-0.05, 0) is 68.4 Å². The first-order valence-corrected chi connectivity index (χ1v) is 6.93. The maximum atomic E-state index is 12.7. The van der Waals surface area contributed by atoms with Gasteiger partial charge in [0.25, 0.3) is 0 Å².